The molecular weight excluding hydrogens is 1880 g/mol. The number of allylic oxidation sites excluding steroid dienone is 8. The number of halogens is 24. The van der Waals surface area contributed by atoms with E-state index in [9.17, 15) is 111 Å². The number of unbranched alkanes of at least 4 members (excludes halogenated alkanes) is 2. The molecule has 0 aliphatic heterocycles. The number of fused-ring (bicyclic) bond motifs is 6. The standard InChI is InChI=1S/C25H30N3.C19H23N2.C18H18N3O2.C16H16N2.C5H6.4CH4.2CH3.4F6P.Fe/c1-5-7-16-27(17-8-6-2)19-24-20(3)28(22-12-10-9-11-13-22)25-15-14-21(26-4)18-23(24)25;1-20(2)14-17-15-21(19-12-6-5-11-18(17)19)13-7-10-16-8-3-4-9-16;1-19(2)12-16-15-11-14(21(22)23)9-10-17(15)20(3)18(16)13-7-5-4-6-8-13;1-11-14(10-18(2)3)16-13-7-5-4-6-12(13)8-9-15(16)17-11;1-2-4-5-3-1;;;;;;;4*1-7(2,3,4,5)6;/h9-15,18-19H,5-8,16-17H2,1-3H3;3-6,8-9,11-12,14-16H,7,10,13H2,1-2H3;4-12H,1-3H3;4-10H,1-3H3;1-4H,5H2;4*1H4;2*1H3;;;;;/q3*+1;;;;;;;6*-1;+2/p+1. The molecule has 0 unspecified atom stereocenters. The van der Waals surface area contributed by atoms with Gasteiger partial charge in [0.25, 0.3) is 5.69 Å². The van der Waals surface area contributed by atoms with Crippen LogP contribution in [0.3, 0.4) is 0 Å². The topological polar surface area (TPSA) is 90.1 Å². The van der Waals surface area contributed by atoms with Crippen LogP contribution < -0.4 is 0 Å². The summed E-state index contributed by atoms with van der Waals surface area (Å²) in [4.78, 5) is 17.9. The van der Waals surface area contributed by atoms with E-state index in [0.717, 1.165) is 70.4 Å². The normalized spacial score (nSPS) is 13.7. The molecule has 2 aliphatic rings. The van der Waals surface area contributed by atoms with Gasteiger partial charge in [0.1, 0.15) is 55.4 Å². The molecule has 0 fully saturated rings. The zero-order valence-electron chi connectivity index (χ0n) is 70.7. The van der Waals surface area contributed by atoms with Gasteiger partial charge in [-0.05, 0) is 97.8 Å². The largest absolute Gasteiger partial charge is 2.00 e. The van der Waals surface area contributed by atoms with Gasteiger partial charge in [-0.25, -0.2) is 23.1 Å². The van der Waals surface area contributed by atoms with Crippen molar-refractivity contribution in [3.63, 3.8) is 0 Å². The molecule has 13 rings (SSSR count). The minimum Gasteiger partial charge on any atom is -0.358 e. The number of nitro benzene ring substituents is 1. The van der Waals surface area contributed by atoms with Crippen molar-refractivity contribution in [3.8, 4) is 16.9 Å². The van der Waals surface area contributed by atoms with Crippen molar-refractivity contribution in [3.05, 3.63) is 283 Å². The van der Waals surface area contributed by atoms with Crippen molar-refractivity contribution in [2.45, 2.75) is 109 Å². The predicted molar refractivity (Wildman–Crippen MR) is 496 cm³/mol. The molecule has 0 saturated carbocycles. The number of hydrogen-bond donors (Lipinski definition) is 1. The van der Waals surface area contributed by atoms with Crippen LogP contribution in [-0.2, 0) is 30.7 Å². The van der Waals surface area contributed by atoms with Gasteiger partial charge < -0.3 is 33.5 Å². The minimum atomic E-state index is -10.7. The number of para-hydroxylation sites is 2. The van der Waals surface area contributed by atoms with Crippen LogP contribution in [0, 0.1) is 51.3 Å². The summed E-state index contributed by atoms with van der Waals surface area (Å²) in [5.74, 6) is 0.639. The van der Waals surface area contributed by atoms with Gasteiger partial charge in [0.05, 0.1) is 45.0 Å². The summed E-state index contributed by atoms with van der Waals surface area (Å²) in [5, 5.41) is 18.4. The van der Waals surface area contributed by atoms with E-state index in [1.165, 1.54) is 99.2 Å². The molecule has 0 spiro atoms. The number of benzene rings is 7. The Labute approximate surface area is 754 Å². The number of non-ortho nitro benzene ring substituents is 1. The molecular formula is C89H116F24FeN10O2P4. The third-order valence-electron chi connectivity index (χ3n) is 17.1. The molecule has 0 saturated heterocycles. The van der Waals surface area contributed by atoms with E-state index in [-0.39, 0.29) is 72.2 Å². The van der Waals surface area contributed by atoms with Gasteiger partial charge in [-0.3, -0.25) is 10.1 Å². The maximum atomic E-state index is 11.1. The molecule has 0 atom stereocenters. The van der Waals surface area contributed by atoms with Gasteiger partial charge in [0.15, 0.2) is 30.5 Å². The molecule has 0 radical (unpaired) electrons. The van der Waals surface area contributed by atoms with Gasteiger partial charge in [0, 0.05) is 99.9 Å². The molecule has 730 valence electrons. The second-order valence-corrected chi connectivity index (χ2v) is 36.6. The van der Waals surface area contributed by atoms with Crippen molar-refractivity contribution in [2.75, 3.05) is 55.4 Å². The summed E-state index contributed by atoms with van der Waals surface area (Å²) in [5.41, 5.74) is 16.0. The monoisotopic (exact) mass is 1990 g/mol. The van der Waals surface area contributed by atoms with Gasteiger partial charge in [-0.2, -0.15) is 0 Å². The fraction of sp³-hybridized carbons (Fsp3) is 0.292. The molecule has 130 heavy (non-hydrogen) atoms. The van der Waals surface area contributed by atoms with Crippen LogP contribution in [0.1, 0.15) is 122 Å². The van der Waals surface area contributed by atoms with E-state index in [4.69, 9.17) is 6.57 Å². The number of aromatic nitrogens is 4. The van der Waals surface area contributed by atoms with Gasteiger partial charge >= 0.3 is 149 Å². The third kappa shape index (κ3) is 50.4. The van der Waals surface area contributed by atoms with E-state index in [1.54, 1.807) is 12.1 Å². The van der Waals surface area contributed by atoms with Crippen LogP contribution >= 0.6 is 31.2 Å². The van der Waals surface area contributed by atoms with Crippen LogP contribution in [0.25, 0.3) is 76.2 Å². The second-order valence-electron chi connectivity index (χ2n) is 28.9. The molecule has 1 N–H and O–H groups in total. The minimum absolute atomic E-state index is 0. The second kappa shape index (κ2) is 45.5. The van der Waals surface area contributed by atoms with Crippen LogP contribution in [0.5, 0.6) is 0 Å². The maximum absolute atomic E-state index is 11.1. The van der Waals surface area contributed by atoms with Gasteiger partial charge in [-0.15, -0.1) is 0 Å². The maximum Gasteiger partial charge on any atom is 2.00 e. The summed E-state index contributed by atoms with van der Waals surface area (Å²) in [6.07, 6.45) is 36.6. The first-order valence-electron chi connectivity index (χ1n) is 37.4. The van der Waals surface area contributed by atoms with Crippen molar-refractivity contribution >= 4 is 122 Å². The van der Waals surface area contributed by atoms with E-state index < -0.39 is 31.2 Å². The molecule has 4 aromatic heterocycles. The number of nitrogens with one attached hydrogen (secondary N) is 1. The molecule has 7 aromatic carbocycles. The first-order valence-corrected chi connectivity index (χ1v) is 45.5. The molecule has 11 aromatic rings. The quantitative estimate of drug-likeness (QED) is 0.0144. The number of nitro groups is 1. The molecule has 41 heteroatoms. The Kier molecular flexibility index (Phi) is 43.4. The predicted octanol–water partition coefficient (Wildman–Crippen LogP) is 35.6. The first-order chi connectivity index (χ1) is 55.9. The SMILES string of the molecule is C.C.C.C.C1=CCC=C1.C[N+](C)=Cc1cn(CCCC2C=CC=C2)c2ccccc12.Cc1[nH]c2ccc3ccccc3c2c1C=[N+](C)C.Cn1c(-c2ccccc2)c(C=[N+](C)C)c2cc([N+](=O)[O-])ccc21.F[P-](F)(F)(F)(F)F.F[P-](F)(F)(F)(F)F.F[P-](F)(F)(F)(F)F.F[P-](F)(F)(F)(F)F.[C-]#[N+]c1ccc2c(c1)c(C=[N+](CCCC)CCCC)c(C)n2-c1ccccc1.[CH3-].[CH3-].[Fe+2]. The van der Waals surface area contributed by atoms with Crippen molar-refractivity contribution in [1.82, 2.24) is 18.7 Å². The zero-order valence-corrected chi connectivity index (χ0v) is 75.4. The average molecular weight is 1990 g/mol. The number of aromatic amines is 1. The number of nitrogens with zero attached hydrogens (tertiary/aromatic N) is 9. The first kappa shape index (κ1) is 124. The van der Waals surface area contributed by atoms with E-state index in [0.29, 0.717) is 11.6 Å². The molecule has 4 heterocycles. The Bertz CT molecular complexity index is 5680. The smallest absolute Gasteiger partial charge is 0.358 e. The number of H-pyrrole nitrogens is 1. The van der Waals surface area contributed by atoms with Crippen molar-refractivity contribution < 1.29 is 141 Å². The molecule has 0 bridgehead atoms. The van der Waals surface area contributed by atoms with Crippen LogP contribution in [-0.4, -0.2) is 122 Å². The number of aryl methyl sites for hydroxylation is 3. The van der Waals surface area contributed by atoms with Gasteiger partial charge in [0.2, 0.25) is 0 Å². The Hall–Kier alpha value is -9.95. The Morgan fingerprint density at radius 3 is 1.41 bits per heavy atom. The van der Waals surface area contributed by atoms with E-state index in [1.807, 2.05) is 74.4 Å². The third-order valence-corrected chi connectivity index (χ3v) is 17.1. The van der Waals surface area contributed by atoms with Crippen molar-refractivity contribution in [2.24, 2.45) is 13.0 Å². The van der Waals surface area contributed by atoms with E-state index >= 15 is 0 Å². The summed E-state index contributed by atoms with van der Waals surface area (Å²) < 4.78 is 252. The summed E-state index contributed by atoms with van der Waals surface area (Å²) in [7, 11) is -28.5. The van der Waals surface area contributed by atoms with Crippen LogP contribution in [0.4, 0.5) is 112 Å². The zero-order chi connectivity index (χ0) is 93.0. The molecule has 12 nitrogen and oxygen atoms in total. The van der Waals surface area contributed by atoms with Crippen molar-refractivity contribution in [1.29, 1.82) is 0 Å². The molecule has 0 amide bonds. The summed E-state index contributed by atoms with van der Waals surface area (Å²) in [6.45, 7) is 19.5. The fourth-order valence-electron chi connectivity index (χ4n) is 12.6. The van der Waals surface area contributed by atoms with E-state index in [2.05, 4.69) is 270 Å². The fourth-order valence-corrected chi connectivity index (χ4v) is 12.6. The average Bonchev–Trinajstić information content (AvgIpc) is 1.63. The summed E-state index contributed by atoms with van der Waals surface area (Å²) in [6, 6.07) is 53.2. The van der Waals surface area contributed by atoms with Crippen LogP contribution in [0.15, 0.2) is 213 Å². The Morgan fingerprint density at radius 1 is 0.500 bits per heavy atom. The Balaban J connectivity index is -0.00000146. The number of rotatable bonds is 17. The molecule has 2 aliphatic carbocycles. The van der Waals surface area contributed by atoms with Crippen LogP contribution in [0.2, 0.25) is 0 Å². The Morgan fingerprint density at radius 2 is 0.946 bits per heavy atom. The summed E-state index contributed by atoms with van der Waals surface area (Å²) >= 11 is 0. The van der Waals surface area contributed by atoms with Gasteiger partial charge in [-0.1, -0.05) is 208 Å². The number of hydrogen-bond acceptors (Lipinski definition) is 2.